The number of rotatable bonds is 7. The van der Waals surface area contributed by atoms with E-state index >= 15 is 0 Å². The maximum atomic E-state index is 10.8. The molecule has 2 unspecified atom stereocenters. The summed E-state index contributed by atoms with van der Waals surface area (Å²) in [6.07, 6.45) is 1.19. The smallest absolute Gasteiger partial charge is 0.258 e. The second kappa shape index (κ2) is 7.58. The number of benzene rings is 1. The highest BCUT2D eigenvalue weighted by Crippen LogP contribution is 2.40. The predicted molar refractivity (Wildman–Crippen MR) is 88.5 cm³/mol. The van der Waals surface area contributed by atoms with Crippen LogP contribution in [0.25, 0.3) is 0 Å². The predicted octanol–water partition coefficient (Wildman–Crippen LogP) is 5.65. The van der Waals surface area contributed by atoms with E-state index in [9.17, 15) is 10.1 Å². The second-order valence-electron chi connectivity index (χ2n) is 7.16. The molecule has 0 saturated heterocycles. The van der Waals surface area contributed by atoms with Crippen LogP contribution in [0.15, 0.2) is 24.3 Å². The first-order chi connectivity index (χ1) is 9.73. The lowest BCUT2D eigenvalue weighted by molar-refractivity contribution is -0.384. The Kier molecular flexibility index (Phi) is 6.38. The third kappa shape index (κ3) is 4.83. The molecular formula is C18H29NO2. The molecule has 0 bridgehead atoms. The zero-order valence-corrected chi connectivity index (χ0v) is 14.2. The number of non-ortho nitro benzene ring substituents is 1. The highest BCUT2D eigenvalue weighted by Gasteiger charge is 2.29. The molecule has 0 aromatic heterocycles. The zero-order valence-electron chi connectivity index (χ0n) is 14.2. The van der Waals surface area contributed by atoms with Crippen LogP contribution in [0.3, 0.4) is 0 Å². The van der Waals surface area contributed by atoms with Crippen LogP contribution in [-0.2, 0) is 0 Å². The minimum atomic E-state index is -0.331. The summed E-state index contributed by atoms with van der Waals surface area (Å²) < 4.78 is 0. The van der Waals surface area contributed by atoms with Crippen molar-refractivity contribution >= 4 is 5.69 Å². The van der Waals surface area contributed by atoms with Crippen LogP contribution in [-0.4, -0.2) is 4.92 Å². The number of nitrogens with zero attached hydrogens (tertiary/aromatic N) is 1. The van der Waals surface area contributed by atoms with E-state index in [0.717, 1.165) is 0 Å². The van der Waals surface area contributed by atoms with Gasteiger partial charge < -0.3 is 0 Å². The fourth-order valence-corrected chi connectivity index (χ4v) is 3.32. The fourth-order valence-electron chi connectivity index (χ4n) is 3.32. The minimum Gasteiger partial charge on any atom is -0.258 e. The van der Waals surface area contributed by atoms with E-state index in [0.29, 0.717) is 29.6 Å². The summed E-state index contributed by atoms with van der Waals surface area (Å²) in [6, 6.07) is 7.16. The monoisotopic (exact) mass is 291 g/mol. The third-order valence-electron chi connectivity index (χ3n) is 4.27. The number of hydrogen-bond acceptors (Lipinski definition) is 2. The van der Waals surface area contributed by atoms with Crippen molar-refractivity contribution in [3.8, 4) is 0 Å². The van der Waals surface area contributed by atoms with Gasteiger partial charge >= 0.3 is 0 Å². The van der Waals surface area contributed by atoms with E-state index in [1.807, 2.05) is 12.1 Å². The summed E-state index contributed by atoms with van der Waals surface area (Å²) >= 11 is 0. The summed E-state index contributed by atoms with van der Waals surface area (Å²) in [5.74, 6) is 2.85. The van der Waals surface area contributed by atoms with Gasteiger partial charge in [-0.2, -0.15) is 0 Å². The second-order valence-corrected chi connectivity index (χ2v) is 7.16. The summed E-state index contributed by atoms with van der Waals surface area (Å²) in [5, 5.41) is 10.8. The molecule has 0 aliphatic carbocycles. The fraction of sp³-hybridized carbons (Fsp3) is 0.667. The Bertz CT molecular complexity index is 449. The Morgan fingerprint density at radius 1 is 0.952 bits per heavy atom. The Labute approximate surface area is 128 Å². The molecular weight excluding hydrogens is 262 g/mol. The summed E-state index contributed by atoms with van der Waals surface area (Å²) in [7, 11) is 0. The quantitative estimate of drug-likeness (QED) is 0.481. The van der Waals surface area contributed by atoms with E-state index in [-0.39, 0.29) is 10.6 Å². The van der Waals surface area contributed by atoms with Crippen LogP contribution >= 0.6 is 0 Å². The first-order valence-electron chi connectivity index (χ1n) is 7.98. The summed E-state index contributed by atoms with van der Waals surface area (Å²) in [5.41, 5.74) is 1.40. The lowest BCUT2D eigenvalue weighted by Crippen LogP contribution is -2.24. The van der Waals surface area contributed by atoms with Crippen LogP contribution in [0.1, 0.15) is 59.4 Å². The zero-order chi connectivity index (χ0) is 16.2. The molecule has 1 rings (SSSR count). The maximum absolute atomic E-state index is 10.8. The minimum absolute atomic E-state index is 0.172. The van der Waals surface area contributed by atoms with Crippen molar-refractivity contribution < 1.29 is 4.92 Å². The van der Waals surface area contributed by atoms with Gasteiger partial charge in [-0.3, -0.25) is 10.1 Å². The third-order valence-corrected chi connectivity index (χ3v) is 4.27. The standard InChI is InChI=1S/C18H29NO2/c1-12(2)11-17(13(3)4)18(14(5)6)15-7-9-16(10-8-15)19(20)21/h7-10,12-14,17-18H,11H2,1-6H3. The van der Waals surface area contributed by atoms with Crippen LogP contribution in [0.4, 0.5) is 5.69 Å². The van der Waals surface area contributed by atoms with E-state index in [4.69, 9.17) is 0 Å². The Morgan fingerprint density at radius 3 is 1.81 bits per heavy atom. The molecule has 0 aliphatic rings. The van der Waals surface area contributed by atoms with Gasteiger partial charge in [0.25, 0.3) is 5.69 Å². The molecule has 0 aliphatic heterocycles. The van der Waals surface area contributed by atoms with Gasteiger partial charge in [0.1, 0.15) is 0 Å². The van der Waals surface area contributed by atoms with Crippen molar-refractivity contribution in [2.75, 3.05) is 0 Å². The average Bonchev–Trinajstić information content (AvgIpc) is 2.37. The van der Waals surface area contributed by atoms with Gasteiger partial charge in [-0.25, -0.2) is 0 Å². The normalized spacial score (nSPS) is 14.7. The highest BCUT2D eigenvalue weighted by atomic mass is 16.6. The summed E-state index contributed by atoms with van der Waals surface area (Å²) in [6.45, 7) is 13.6. The first kappa shape index (κ1) is 17.7. The number of nitro groups is 1. The molecule has 21 heavy (non-hydrogen) atoms. The van der Waals surface area contributed by atoms with Crippen molar-refractivity contribution in [2.24, 2.45) is 23.7 Å². The number of hydrogen-bond donors (Lipinski definition) is 0. The maximum Gasteiger partial charge on any atom is 0.269 e. The van der Waals surface area contributed by atoms with Crippen molar-refractivity contribution in [2.45, 2.75) is 53.9 Å². The van der Waals surface area contributed by atoms with Crippen LogP contribution in [0.2, 0.25) is 0 Å². The average molecular weight is 291 g/mol. The SMILES string of the molecule is CC(C)CC(C(C)C)C(c1ccc([N+](=O)[O-])cc1)C(C)C. The molecule has 0 N–H and O–H groups in total. The molecule has 3 heteroatoms. The number of nitro benzene ring substituents is 1. The van der Waals surface area contributed by atoms with Crippen molar-refractivity contribution in [1.82, 2.24) is 0 Å². The Morgan fingerprint density at radius 2 is 1.48 bits per heavy atom. The van der Waals surface area contributed by atoms with Gasteiger partial charge in [0.2, 0.25) is 0 Å². The molecule has 1 aromatic carbocycles. The topological polar surface area (TPSA) is 43.1 Å². The van der Waals surface area contributed by atoms with Crippen LogP contribution in [0, 0.1) is 33.8 Å². The molecule has 0 amide bonds. The molecule has 0 saturated carbocycles. The van der Waals surface area contributed by atoms with Crippen LogP contribution in [0.5, 0.6) is 0 Å². The molecule has 0 radical (unpaired) electrons. The molecule has 3 nitrogen and oxygen atoms in total. The van der Waals surface area contributed by atoms with Crippen LogP contribution < -0.4 is 0 Å². The van der Waals surface area contributed by atoms with Gasteiger partial charge in [0.15, 0.2) is 0 Å². The van der Waals surface area contributed by atoms with E-state index in [1.165, 1.54) is 12.0 Å². The Balaban J connectivity index is 3.11. The first-order valence-corrected chi connectivity index (χ1v) is 7.98. The highest BCUT2D eigenvalue weighted by molar-refractivity contribution is 5.35. The van der Waals surface area contributed by atoms with Crippen molar-refractivity contribution in [3.63, 3.8) is 0 Å². The molecule has 0 fully saturated rings. The van der Waals surface area contributed by atoms with E-state index in [2.05, 4.69) is 41.5 Å². The molecule has 118 valence electrons. The van der Waals surface area contributed by atoms with Gasteiger partial charge in [0, 0.05) is 12.1 Å². The molecule has 0 heterocycles. The van der Waals surface area contributed by atoms with Gasteiger partial charge in [0.05, 0.1) is 4.92 Å². The van der Waals surface area contributed by atoms with Gasteiger partial charge in [-0.05, 0) is 41.6 Å². The van der Waals surface area contributed by atoms with E-state index < -0.39 is 0 Å². The van der Waals surface area contributed by atoms with Gasteiger partial charge in [-0.15, -0.1) is 0 Å². The molecule has 1 aromatic rings. The van der Waals surface area contributed by atoms with Crippen molar-refractivity contribution in [3.05, 3.63) is 39.9 Å². The van der Waals surface area contributed by atoms with Gasteiger partial charge in [-0.1, -0.05) is 53.7 Å². The van der Waals surface area contributed by atoms with Crippen molar-refractivity contribution in [1.29, 1.82) is 0 Å². The van der Waals surface area contributed by atoms with E-state index in [1.54, 1.807) is 12.1 Å². The lowest BCUT2D eigenvalue weighted by Gasteiger charge is -2.35. The Hall–Kier alpha value is -1.38. The largest absolute Gasteiger partial charge is 0.269 e. The summed E-state index contributed by atoms with van der Waals surface area (Å²) in [4.78, 5) is 10.5. The lowest BCUT2D eigenvalue weighted by atomic mass is 9.70. The molecule has 0 spiro atoms. The molecule has 2 atom stereocenters.